The number of nitrogens with one attached hydrogen (secondary N) is 1. The van der Waals surface area contributed by atoms with Crippen LogP contribution in [0.1, 0.15) is 194 Å². The molecule has 0 fully saturated rings. The molecule has 76 heavy (non-hydrogen) atoms. The minimum absolute atomic E-state index is 0.0487. The molecule has 3 atom stereocenters. The molecule has 10 heteroatoms. The van der Waals surface area contributed by atoms with E-state index in [0.717, 1.165) is 96.3 Å². The van der Waals surface area contributed by atoms with E-state index in [9.17, 15) is 19.0 Å². The summed E-state index contributed by atoms with van der Waals surface area (Å²) < 4.78 is 30.2. The van der Waals surface area contributed by atoms with Crippen molar-refractivity contribution in [2.75, 3.05) is 40.9 Å². The standard InChI is InChI=1S/C66H107N2O7P/c1-7-10-13-16-19-22-25-28-30-32-33-34-35-37-38-40-43-46-49-52-55-58-65(69)67-63(62-74-76(71,72)73-61-60-68(4,5)6)64(57-54-51-48-45-42-27-24-21-18-15-12-9-3)75-66(70)59-56-53-50-47-44-41-39-36-31-29-26-23-20-17-14-11-8-2/h10-11,13-14,17,19-20,22-23,26,28-31,33-34,36-39,41,43-44,46,54,57,63-64H,7-9,12,15-16,18,21,24-25,27,32,35,40,42,45,47-53,55-56,58-62H2,1-6H3,(H-,67,69,71,72)/b13-10-,14-11-,20-17+,22-19-,26-23+,30-28-,31-29-,34-33-,38-37-,39-36+,44-41+,46-43-,57-54-. The molecule has 0 spiro atoms. The maximum Gasteiger partial charge on any atom is 0.306 e. The Bertz CT molecular complexity index is 1860. The van der Waals surface area contributed by atoms with Crippen LogP contribution in [0.4, 0.5) is 0 Å². The summed E-state index contributed by atoms with van der Waals surface area (Å²) in [6.07, 6.45) is 79.3. The number of ether oxygens (including phenoxy) is 1. The number of likely N-dealkylation sites (N-methyl/N-ethyl adjacent to an activating group) is 1. The zero-order valence-corrected chi connectivity index (χ0v) is 49.5. The Morgan fingerprint density at radius 2 is 0.908 bits per heavy atom. The van der Waals surface area contributed by atoms with E-state index < -0.39 is 32.5 Å². The second-order valence-electron chi connectivity index (χ2n) is 20.2. The maximum absolute atomic E-state index is 13.5. The number of phosphoric acid groups is 1. The van der Waals surface area contributed by atoms with Gasteiger partial charge in [-0.2, -0.15) is 0 Å². The van der Waals surface area contributed by atoms with Gasteiger partial charge in [-0.1, -0.05) is 237 Å². The number of unbranched alkanes of at least 4 members (excludes halogenated alkanes) is 15. The molecule has 0 bridgehead atoms. The number of carbonyl (C=O) groups excluding carboxylic acids is 2. The van der Waals surface area contributed by atoms with Gasteiger partial charge in [0.25, 0.3) is 7.82 Å². The Labute approximate surface area is 465 Å². The summed E-state index contributed by atoms with van der Waals surface area (Å²) in [6.45, 7) is 6.48. The van der Waals surface area contributed by atoms with Crippen LogP contribution in [-0.4, -0.2) is 69.4 Å². The summed E-state index contributed by atoms with van der Waals surface area (Å²) in [5, 5.41) is 2.98. The van der Waals surface area contributed by atoms with Crippen molar-refractivity contribution in [3.8, 4) is 0 Å². The van der Waals surface area contributed by atoms with Gasteiger partial charge in [0.2, 0.25) is 5.91 Å². The molecule has 0 aromatic rings. The van der Waals surface area contributed by atoms with Crippen molar-refractivity contribution in [2.24, 2.45) is 0 Å². The Morgan fingerprint density at radius 3 is 1.43 bits per heavy atom. The predicted octanol–water partition coefficient (Wildman–Crippen LogP) is 17.4. The third kappa shape index (κ3) is 54.4. The normalized spacial score (nSPS) is 14.9. The van der Waals surface area contributed by atoms with Gasteiger partial charge in [0.15, 0.2) is 0 Å². The first-order chi connectivity index (χ1) is 36.9. The Balaban J connectivity index is 5.50. The summed E-state index contributed by atoms with van der Waals surface area (Å²) in [6, 6.07) is -0.943. The summed E-state index contributed by atoms with van der Waals surface area (Å²) >= 11 is 0. The Morgan fingerprint density at radius 1 is 0.487 bits per heavy atom. The zero-order valence-electron chi connectivity index (χ0n) is 48.6. The number of amides is 1. The number of phosphoric ester groups is 1. The molecular formula is C66H107N2O7P. The van der Waals surface area contributed by atoms with E-state index in [-0.39, 0.29) is 25.4 Å². The van der Waals surface area contributed by atoms with Crippen molar-refractivity contribution >= 4 is 19.7 Å². The molecule has 0 aromatic heterocycles. The summed E-state index contributed by atoms with van der Waals surface area (Å²) in [5.41, 5.74) is 0. The van der Waals surface area contributed by atoms with Gasteiger partial charge in [-0.05, 0) is 102 Å². The molecule has 0 saturated heterocycles. The van der Waals surface area contributed by atoms with E-state index in [4.69, 9.17) is 13.8 Å². The topological polar surface area (TPSA) is 114 Å². The number of rotatable bonds is 50. The average Bonchev–Trinajstić information content (AvgIpc) is 3.38. The third-order valence-electron chi connectivity index (χ3n) is 11.9. The van der Waals surface area contributed by atoms with E-state index in [1.165, 1.54) is 51.4 Å². The molecule has 0 aliphatic heterocycles. The molecule has 0 aliphatic rings. The van der Waals surface area contributed by atoms with Gasteiger partial charge >= 0.3 is 5.97 Å². The number of esters is 1. The first-order valence-corrected chi connectivity index (χ1v) is 30.8. The van der Waals surface area contributed by atoms with Gasteiger partial charge in [0.1, 0.15) is 19.3 Å². The van der Waals surface area contributed by atoms with Crippen molar-refractivity contribution in [2.45, 2.75) is 206 Å². The predicted molar refractivity (Wildman–Crippen MR) is 325 cm³/mol. The van der Waals surface area contributed by atoms with Gasteiger partial charge in [-0.25, -0.2) is 0 Å². The van der Waals surface area contributed by atoms with Crippen LogP contribution in [0.15, 0.2) is 158 Å². The lowest BCUT2D eigenvalue weighted by Crippen LogP contribution is -2.47. The quantitative estimate of drug-likeness (QED) is 0.0161. The third-order valence-corrected chi connectivity index (χ3v) is 12.8. The van der Waals surface area contributed by atoms with Gasteiger partial charge < -0.3 is 28.5 Å². The molecular weight excluding hydrogens is 964 g/mol. The highest BCUT2D eigenvalue weighted by Gasteiger charge is 2.27. The van der Waals surface area contributed by atoms with Crippen LogP contribution < -0.4 is 10.2 Å². The first-order valence-electron chi connectivity index (χ1n) is 29.4. The molecule has 1 amide bonds. The monoisotopic (exact) mass is 1070 g/mol. The number of hydrogen-bond acceptors (Lipinski definition) is 7. The number of allylic oxidation sites excluding steroid dienone is 25. The van der Waals surface area contributed by atoms with Crippen LogP contribution in [-0.2, 0) is 27.9 Å². The minimum atomic E-state index is -4.73. The smallest absolute Gasteiger partial charge is 0.306 e. The van der Waals surface area contributed by atoms with Gasteiger partial charge in [-0.15, -0.1) is 0 Å². The first kappa shape index (κ1) is 71.6. The lowest BCUT2D eigenvalue weighted by molar-refractivity contribution is -0.870. The number of carbonyl (C=O) groups is 2. The number of quaternary nitrogens is 1. The van der Waals surface area contributed by atoms with E-state index in [1.54, 1.807) is 6.08 Å². The van der Waals surface area contributed by atoms with Crippen molar-refractivity contribution in [1.82, 2.24) is 5.32 Å². The van der Waals surface area contributed by atoms with E-state index in [2.05, 4.69) is 111 Å². The molecule has 0 rings (SSSR count). The lowest BCUT2D eigenvalue weighted by atomic mass is 10.1. The molecule has 0 aliphatic carbocycles. The Kier molecular flexibility index (Phi) is 50.9. The largest absolute Gasteiger partial charge is 0.756 e. The highest BCUT2D eigenvalue weighted by Crippen LogP contribution is 2.38. The minimum Gasteiger partial charge on any atom is -0.756 e. The number of nitrogens with zero attached hydrogens (tertiary/aromatic N) is 1. The van der Waals surface area contributed by atoms with Crippen LogP contribution in [0, 0.1) is 0 Å². The fourth-order valence-electron chi connectivity index (χ4n) is 7.38. The van der Waals surface area contributed by atoms with E-state index >= 15 is 0 Å². The van der Waals surface area contributed by atoms with E-state index in [1.807, 2.05) is 88.0 Å². The molecule has 0 radical (unpaired) electrons. The fourth-order valence-corrected chi connectivity index (χ4v) is 8.10. The van der Waals surface area contributed by atoms with Crippen molar-refractivity contribution in [1.29, 1.82) is 0 Å². The van der Waals surface area contributed by atoms with Crippen molar-refractivity contribution < 1.29 is 37.3 Å². The number of hydrogen-bond donors (Lipinski definition) is 1. The van der Waals surface area contributed by atoms with Crippen LogP contribution in [0.2, 0.25) is 0 Å². The van der Waals surface area contributed by atoms with Gasteiger partial charge in [0, 0.05) is 12.8 Å². The average molecular weight is 1070 g/mol. The van der Waals surface area contributed by atoms with Gasteiger partial charge in [-0.3, -0.25) is 14.2 Å². The van der Waals surface area contributed by atoms with Crippen LogP contribution >= 0.6 is 7.82 Å². The summed E-state index contributed by atoms with van der Waals surface area (Å²) in [4.78, 5) is 39.9. The van der Waals surface area contributed by atoms with Crippen molar-refractivity contribution in [3.63, 3.8) is 0 Å². The summed E-state index contributed by atoms with van der Waals surface area (Å²) in [7, 11) is 1.10. The molecule has 3 unspecified atom stereocenters. The van der Waals surface area contributed by atoms with Crippen LogP contribution in [0.5, 0.6) is 0 Å². The van der Waals surface area contributed by atoms with Gasteiger partial charge in [0.05, 0.1) is 33.8 Å². The second-order valence-corrected chi connectivity index (χ2v) is 21.6. The highest BCUT2D eigenvalue weighted by atomic mass is 31.2. The highest BCUT2D eigenvalue weighted by molar-refractivity contribution is 7.45. The zero-order chi connectivity index (χ0) is 55.7. The molecule has 1 N–H and O–H groups in total. The molecule has 0 aromatic carbocycles. The molecule has 0 heterocycles. The Hall–Kier alpha value is -4.37. The lowest BCUT2D eigenvalue weighted by Gasteiger charge is -2.30. The second kappa shape index (κ2) is 54.0. The molecule has 428 valence electrons. The van der Waals surface area contributed by atoms with Crippen LogP contribution in [0.25, 0.3) is 0 Å². The fraction of sp³-hybridized carbons (Fsp3) is 0.576. The maximum atomic E-state index is 13.5. The van der Waals surface area contributed by atoms with E-state index in [0.29, 0.717) is 23.9 Å². The van der Waals surface area contributed by atoms with Crippen molar-refractivity contribution in [3.05, 3.63) is 158 Å². The van der Waals surface area contributed by atoms with Crippen LogP contribution in [0.3, 0.4) is 0 Å². The molecule has 9 nitrogen and oxygen atoms in total. The molecule has 0 saturated carbocycles. The summed E-state index contributed by atoms with van der Waals surface area (Å²) in [5.74, 6) is -0.660. The SMILES string of the molecule is CC\C=C/C=C/C=C/C=C\C=C\C=C\CCCCCC(=O)OC(/C=C\CCCCCCCCCCCC)C(COP(=O)([O-])OCC[N+](C)(C)C)NC(=O)CCCC/C=C\C/C=C\C/C=C\C/C=C\C/C=C\C/C=C\CC.